The number of halogens is 1. The minimum atomic E-state index is -0.422. The van der Waals surface area contributed by atoms with Crippen LogP contribution >= 0.6 is 0 Å². The van der Waals surface area contributed by atoms with Crippen molar-refractivity contribution >= 4 is 11.8 Å². The maximum absolute atomic E-state index is 13.5. The van der Waals surface area contributed by atoms with Gasteiger partial charge >= 0.3 is 0 Å². The summed E-state index contributed by atoms with van der Waals surface area (Å²) in [5, 5.41) is 0. The number of hydrogen-bond donors (Lipinski definition) is 1. The molecular weight excluding hydrogens is 223 g/mol. The van der Waals surface area contributed by atoms with E-state index < -0.39 is 5.82 Å². The zero-order chi connectivity index (χ0) is 12.3. The van der Waals surface area contributed by atoms with E-state index in [-0.39, 0.29) is 12.1 Å². The molecule has 5 nitrogen and oxygen atoms in total. The van der Waals surface area contributed by atoms with Gasteiger partial charge in [0.25, 0.3) is 0 Å². The molecule has 2 N–H and O–H groups in total. The summed E-state index contributed by atoms with van der Waals surface area (Å²) >= 11 is 0. The minimum absolute atomic E-state index is 0.105. The van der Waals surface area contributed by atoms with Crippen molar-refractivity contribution < 1.29 is 9.13 Å². The number of anilines is 2. The van der Waals surface area contributed by atoms with Crippen molar-refractivity contribution in [1.82, 2.24) is 9.97 Å². The Hall–Kier alpha value is -1.43. The third kappa shape index (κ3) is 2.82. The second-order valence-electron chi connectivity index (χ2n) is 4.04. The molecule has 0 unspecified atom stereocenters. The lowest BCUT2D eigenvalue weighted by atomic mass is 10.1. The molecule has 1 aliphatic rings. The van der Waals surface area contributed by atoms with Crippen LogP contribution in [0.5, 0.6) is 0 Å². The van der Waals surface area contributed by atoms with Gasteiger partial charge in [0.2, 0.25) is 5.95 Å². The monoisotopic (exact) mass is 240 g/mol. The molecular formula is C11H17FN4O. The fraction of sp³-hybridized carbons (Fsp3) is 0.636. The van der Waals surface area contributed by atoms with Gasteiger partial charge in [-0.1, -0.05) is 0 Å². The number of rotatable bonds is 3. The second kappa shape index (κ2) is 5.27. The molecule has 94 valence electrons. The molecule has 2 rings (SSSR count). The summed E-state index contributed by atoms with van der Waals surface area (Å²) in [7, 11) is 0. The van der Waals surface area contributed by atoms with E-state index >= 15 is 0 Å². The van der Waals surface area contributed by atoms with E-state index in [4.69, 9.17) is 10.5 Å². The van der Waals surface area contributed by atoms with Crippen LogP contribution in [0.2, 0.25) is 0 Å². The van der Waals surface area contributed by atoms with Crippen LogP contribution in [0, 0.1) is 5.82 Å². The molecule has 1 fully saturated rings. The van der Waals surface area contributed by atoms with E-state index in [1.54, 1.807) is 0 Å². The summed E-state index contributed by atoms with van der Waals surface area (Å²) in [6, 6.07) is 0. The van der Waals surface area contributed by atoms with Crippen molar-refractivity contribution in [3.05, 3.63) is 12.0 Å². The van der Waals surface area contributed by atoms with Crippen LogP contribution in [0.1, 0.15) is 19.8 Å². The van der Waals surface area contributed by atoms with E-state index in [2.05, 4.69) is 9.97 Å². The fourth-order valence-corrected chi connectivity index (χ4v) is 2.06. The van der Waals surface area contributed by atoms with Crippen LogP contribution in [0.4, 0.5) is 16.2 Å². The summed E-state index contributed by atoms with van der Waals surface area (Å²) in [6.45, 7) is 4.17. The summed E-state index contributed by atoms with van der Waals surface area (Å²) in [5.74, 6) is -0.0187. The topological polar surface area (TPSA) is 64.3 Å². The van der Waals surface area contributed by atoms with Crippen LogP contribution in [0.15, 0.2) is 6.20 Å². The molecule has 1 saturated heterocycles. The molecule has 1 aromatic rings. The van der Waals surface area contributed by atoms with Crippen molar-refractivity contribution in [2.75, 3.05) is 30.3 Å². The molecule has 2 heterocycles. The fourth-order valence-electron chi connectivity index (χ4n) is 2.06. The molecule has 0 atom stereocenters. The molecule has 0 aliphatic carbocycles. The molecule has 0 saturated carbocycles. The molecule has 0 spiro atoms. The van der Waals surface area contributed by atoms with E-state index in [1.165, 1.54) is 0 Å². The van der Waals surface area contributed by atoms with Crippen LogP contribution in [0.3, 0.4) is 0 Å². The Morgan fingerprint density at radius 3 is 2.88 bits per heavy atom. The summed E-state index contributed by atoms with van der Waals surface area (Å²) in [6.07, 6.45) is 3.17. The van der Waals surface area contributed by atoms with Crippen molar-refractivity contribution in [3.63, 3.8) is 0 Å². The van der Waals surface area contributed by atoms with Gasteiger partial charge in [0.15, 0.2) is 11.6 Å². The van der Waals surface area contributed by atoms with E-state index in [0.29, 0.717) is 5.82 Å². The highest BCUT2D eigenvalue weighted by Gasteiger charge is 2.22. The van der Waals surface area contributed by atoms with Gasteiger partial charge in [-0.3, -0.25) is 0 Å². The van der Waals surface area contributed by atoms with Gasteiger partial charge in [0.1, 0.15) is 0 Å². The molecule has 17 heavy (non-hydrogen) atoms. The van der Waals surface area contributed by atoms with Crippen LogP contribution in [-0.4, -0.2) is 35.8 Å². The van der Waals surface area contributed by atoms with Gasteiger partial charge in [0.05, 0.1) is 12.3 Å². The summed E-state index contributed by atoms with van der Waals surface area (Å²) in [5.41, 5.74) is 5.47. The van der Waals surface area contributed by atoms with Crippen molar-refractivity contribution in [3.8, 4) is 0 Å². The molecule has 0 bridgehead atoms. The Morgan fingerprint density at radius 2 is 2.24 bits per heavy atom. The predicted molar refractivity (Wildman–Crippen MR) is 63.3 cm³/mol. The van der Waals surface area contributed by atoms with Crippen molar-refractivity contribution in [2.24, 2.45) is 0 Å². The highest BCUT2D eigenvalue weighted by Crippen LogP contribution is 2.22. The smallest absolute Gasteiger partial charge is 0.222 e. The first-order valence-electron chi connectivity index (χ1n) is 5.85. The normalized spacial score (nSPS) is 17.4. The van der Waals surface area contributed by atoms with Crippen LogP contribution < -0.4 is 10.6 Å². The van der Waals surface area contributed by atoms with Gasteiger partial charge in [0, 0.05) is 19.7 Å². The van der Waals surface area contributed by atoms with Gasteiger partial charge < -0.3 is 15.4 Å². The van der Waals surface area contributed by atoms with Gasteiger partial charge in [-0.05, 0) is 19.8 Å². The summed E-state index contributed by atoms with van der Waals surface area (Å²) < 4.78 is 19.1. The Balaban J connectivity index is 2.02. The lowest BCUT2D eigenvalue weighted by Crippen LogP contribution is -2.38. The molecule has 0 amide bonds. The third-order valence-corrected chi connectivity index (χ3v) is 2.89. The predicted octanol–water partition coefficient (Wildman–Crippen LogP) is 1.20. The Labute approximate surface area is 99.8 Å². The highest BCUT2D eigenvalue weighted by molar-refractivity contribution is 5.42. The summed E-state index contributed by atoms with van der Waals surface area (Å²) in [4.78, 5) is 9.45. The third-order valence-electron chi connectivity index (χ3n) is 2.89. The SMILES string of the molecule is CCOC1CCN(c2nc(N)ncc2F)CC1. The first-order valence-corrected chi connectivity index (χ1v) is 5.85. The second-order valence-corrected chi connectivity index (χ2v) is 4.04. The number of nitrogen functional groups attached to an aromatic ring is 1. The van der Waals surface area contributed by atoms with E-state index in [1.807, 2.05) is 11.8 Å². The first kappa shape index (κ1) is 12.0. The van der Waals surface area contributed by atoms with Crippen LogP contribution in [-0.2, 0) is 4.74 Å². The van der Waals surface area contributed by atoms with Gasteiger partial charge in [-0.25, -0.2) is 9.37 Å². The lowest BCUT2D eigenvalue weighted by Gasteiger charge is -2.32. The first-order chi connectivity index (χ1) is 8.20. The number of nitrogens with zero attached hydrogens (tertiary/aromatic N) is 3. The quantitative estimate of drug-likeness (QED) is 0.860. The maximum atomic E-state index is 13.5. The van der Waals surface area contributed by atoms with Crippen molar-refractivity contribution in [2.45, 2.75) is 25.9 Å². The molecule has 1 aliphatic heterocycles. The van der Waals surface area contributed by atoms with Gasteiger partial charge in [-0.15, -0.1) is 0 Å². The number of hydrogen-bond acceptors (Lipinski definition) is 5. The number of aromatic nitrogens is 2. The molecule has 0 aromatic carbocycles. The Bertz CT molecular complexity index is 380. The standard InChI is InChI=1S/C11H17FN4O/c1-2-17-8-3-5-16(6-4-8)10-9(12)7-14-11(13)15-10/h7-8H,2-6H2,1H3,(H2,13,14,15). The Kier molecular flexibility index (Phi) is 3.73. The average molecular weight is 240 g/mol. The maximum Gasteiger partial charge on any atom is 0.222 e. The van der Waals surface area contributed by atoms with E-state index in [0.717, 1.165) is 38.7 Å². The lowest BCUT2D eigenvalue weighted by molar-refractivity contribution is 0.0457. The van der Waals surface area contributed by atoms with Crippen LogP contribution in [0.25, 0.3) is 0 Å². The molecule has 6 heteroatoms. The van der Waals surface area contributed by atoms with Crippen molar-refractivity contribution in [1.29, 1.82) is 0 Å². The largest absolute Gasteiger partial charge is 0.378 e. The zero-order valence-electron chi connectivity index (χ0n) is 9.90. The number of piperidine rings is 1. The van der Waals surface area contributed by atoms with Gasteiger partial charge in [-0.2, -0.15) is 4.98 Å². The molecule has 0 radical (unpaired) electrons. The van der Waals surface area contributed by atoms with E-state index in [9.17, 15) is 4.39 Å². The zero-order valence-corrected chi connectivity index (χ0v) is 9.90. The minimum Gasteiger partial charge on any atom is -0.378 e. The number of nitrogens with two attached hydrogens (primary N) is 1. The molecule has 1 aromatic heterocycles. The highest BCUT2D eigenvalue weighted by atomic mass is 19.1. The average Bonchev–Trinajstić information content (AvgIpc) is 2.34. The number of ether oxygens (including phenoxy) is 1. The Morgan fingerprint density at radius 1 is 1.53 bits per heavy atom.